The van der Waals surface area contributed by atoms with Crippen LogP contribution in [0.15, 0.2) is 24.3 Å². The van der Waals surface area contributed by atoms with Crippen LogP contribution in [0.5, 0.6) is 0 Å². The summed E-state index contributed by atoms with van der Waals surface area (Å²) in [5, 5.41) is 3.04. The lowest BCUT2D eigenvalue weighted by molar-refractivity contribution is -0.132. The third-order valence-electron chi connectivity index (χ3n) is 3.91. The van der Waals surface area contributed by atoms with Gasteiger partial charge in [0.05, 0.1) is 0 Å². The van der Waals surface area contributed by atoms with Crippen LogP contribution in [0.1, 0.15) is 44.6 Å². The standard InChI is InChI=1S/C15H22N2O/c1-15(8-3-2-4-9-15)14(18)17-11-12-6-5-7-13(16)10-12/h5-7,10H,2-4,8-9,11,16H2,1H3,(H,17,18). The molecule has 0 atom stereocenters. The highest BCUT2D eigenvalue weighted by Gasteiger charge is 2.34. The Morgan fingerprint density at radius 1 is 1.33 bits per heavy atom. The van der Waals surface area contributed by atoms with Crippen LogP contribution in [-0.2, 0) is 11.3 Å². The van der Waals surface area contributed by atoms with E-state index in [1.807, 2.05) is 24.3 Å². The largest absolute Gasteiger partial charge is 0.399 e. The molecular weight excluding hydrogens is 224 g/mol. The maximum atomic E-state index is 12.2. The van der Waals surface area contributed by atoms with Crippen LogP contribution in [0.25, 0.3) is 0 Å². The smallest absolute Gasteiger partial charge is 0.226 e. The maximum Gasteiger partial charge on any atom is 0.226 e. The van der Waals surface area contributed by atoms with Crippen LogP contribution in [0, 0.1) is 5.41 Å². The SMILES string of the molecule is CC1(C(=O)NCc2cccc(N)c2)CCCCC1. The summed E-state index contributed by atoms with van der Waals surface area (Å²) in [4.78, 5) is 12.2. The molecule has 3 nitrogen and oxygen atoms in total. The molecule has 1 aromatic carbocycles. The van der Waals surface area contributed by atoms with E-state index in [2.05, 4.69) is 12.2 Å². The number of rotatable bonds is 3. The van der Waals surface area contributed by atoms with E-state index in [0.29, 0.717) is 6.54 Å². The molecule has 1 aliphatic rings. The van der Waals surface area contributed by atoms with Gasteiger partial charge in [-0.1, -0.05) is 38.3 Å². The monoisotopic (exact) mass is 246 g/mol. The summed E-state index contributed by atoms with van der Waals surface area (Å²) in [5.41, 5.74) is 7.35. The van der Waals surface area contributed by atoms with Gasteiger partial charge in [-0.15, -0.1) is 0 Å². The van der Waals surface area contributed by atoms with Crippen molar-refractivity contribution in [1.82, 2.24) is 5.32 Å². The summed E-state index contributed by atoms with van der Waals surface area (Å²) in [6.07, 6.45) is 5.62. The Morgan fingerprint density at radius 3 is 2.72 bits per heavy atom. The molecule has 98 valence electrons. The van der Waals surface area contributed by atoms with Crippen LogP contribution in [0.4, 0.5) is 5.69 Å². The highest BCUT2D eigenvalue weighted by atomic mass is 16.2. The molecule has 0 bridgehead atoms. The van der Waals surface area contributed by atoms with Crippen molar-refractivity contribution < 1.29 is 4.79 Å². The third kappa shape index (κ3) is 3.03. The van der Waals surface area contributed by atoms with Gasteiger partial charge in [-0.2, -0.15) is 0 Å². The fraction of sp³-hybridized carbons (Fsp3) is 0.533. The Hall–Kier alpha value is -1.51. The number of carbonyl (C=O) groups excluding carboxylic acids is 1. The zero-order valence-electron chi connectivity index (χ0n) is 11.0. The van der Waals surface area contributed by atoms with Crippen molar-refractivity contribution in [2.75, 3.05) is 5.73 Å². The van der Waals surface area contributed by atoms with Gasteiger partial charge in [-0.3, -0.25) is 4.79 Å². The molecule has 1 aromatic rings. The normalized spacial score (nSPS) is 18.3. The predicted molar refractivity (Wildman–Crippen MR) is 73.9 cm³/mol. The molecule has 2 rings (SSSR count). The fourth-order valence-corrected chi connectivity index (χ4v) is 2.66. The molecular formula is C15H22N2O. The molecule has 18 heavy (non-hydrogen) atoms. The average molecular weight is 246 g/mol. The van der Waals surface area contributed by atoms with E-state index in [1.165, 1.54) is 19.3 Å². The lowest BCUT2D eigenvalue weighted by Gasteiger charge is -2.32. The number of benzene rings is 1. The molecule has 3 N–H and O–H groups in total. The number of nitrogens with one attached hydrogen (secondary N) is 1. The summed E-state index contributed by atoms with van der Waals surface area (Å²) in [5.74, 6) is 0.185. The minimum absolute atomic E-state index is 0.168. The molecule has 0 spiro atoms. The van der Waals surface area contributed by atoms with Gasteiger partial charge in [0.2, 0.25) is 5.91 Å². The van der Waals surface area contributed by atoms with Crippen molar-refractivity contribution >= 4 is 11.6 Å². The van der Waals surface area contributed by atoms with Crippen LogP contribution in [-0.4, -0.2) is 5.91 Å². The second kappa shape index (κ2) is 5.42. The minimum atomic E-state index is -0.168. The topological polar surface area (TPSA) is 55.1 Å². The van der Waals surface area contributed by atoms with Gasteiger partial charge in [0.25, 0.3) is 0 Å². The average Bonchev–Trinajstić information content (AvgIpc) is 2.37. The van der Waals surface area contributed by atoms with Crippen LogP contribution < -0.4 is 11.1 Å². The van der Waals surface area contributed by atoms with Crippen LogP contribution in [0.3, 0.4) is 0 Å². The van der Waals surface area contributed by atoms with Crippen molar-refractivity contribution in [2.45, 2.75) is 45.6 Å². The maximum absolute atomic E-state index is 12.2. The van der Waals surface area contributed by atoms with Crippen LogP contribution in [0.2, 0.25) is 0 Å². The Balaban J connectivity index is 1.91. The van der Waals surface area contributed by atoms with E-state index < -0.39 is 0 Å². The molecule has 1 amide bonds. The molecule has 0 saturated heterocycles. The highest BCUT2D eigenvalue weighted by molar-refractivity contribution is 5.82. The van der Waals surface area contributed by atoms with Gasteiger partial charge < -0.3 is 11.1 Å². The molecule has 0 aromatic heterocycles. The Morgan fingerprint density at radius 2 is 2.06 bits per heavy atom. The van der Waals surface area contributed by atoms with Gasteiger partial charge >= 0.3 is 0 Å². The third-order valence-corrected chi connectivity index (χ3v) is 3.91. The molecule has 3 heteroatoms. The zero-order valence-corrected chi connectivity index (χ0v) is 11.0. The van der Waals surface area contributed by atoms with Crippen molar-refractivity contribution in [1.29, 1.82) is 0 Å². The molecule has 0 unspecified atom stereocenters. The zero-order chi connectivity index (χ0) is 13.0. The van der Waals surface area contributed by atoms with Gasteiger partial charge in [-0.05, 0) is 30.5 Å². The second-order valence-corrected chi connectivity index (χ2v) is 5.55. The van der Waals surface area contributed by atoms with Gasteiger partial charge in [0, 0.05) is 17.6 Å². The predicted octanol–water partition coefficient (Wildman–Crippen LogP) is 2.86. The molecule has 0 radical (unpaired) electrons. The van der Waals surface area contributed by atoms with Crippen molar-refractivity contribution in [3.8, 4) is 0 Å². The number of anilines is 1. The molecule has 1 aliphatic carbocycles. The number of hydrogen-bond acceptors (Lipinski definition) is 2. The molecule has 0 aliphatic heterocycles. The Bertz CT molecular complexity index is 422. The van der Waals surface area contributed by atoms with Crippen molar-refractivity contribution in [3.05, 3.63) is 29.8 Å². The van der Waals surface area contributed by atoms with E-state index in [0.717, 1.165) is 24.1 Å². The summed E-state index contributed by atoms with van der Waals surface area (Å²) in [7, 11) is 0. The van der Waals surface area contributed by atoms with Crippen molar-refractivity contribution in [3.63, 3.8) is 0 Å². The van der Waals surface area contributed by atoms with E-state index in [-0.39, 0.29) is 11.3 Å². The van der Waals surface area contributed by atoms with Gasteiger partial charge in [-0.25, -0.2) is 0 Å². The fourth-order valence-electron chi connectivity index (χ4n) is 2.66. The highest BCUT2D eigenvalue weighted by Crippen LogP contribution is 2.35. The number of amides is 1. The number of carbonyl (C=O) groups is 1. The summed E-state index contributed by atoms with van der Waals surface area (Å²) in [6.45, 7) is 2.65. The van der Waals surface area contributed by atoms with Gasteiger partial charge in [0.1, 0.15) is 0 Å². The van der Waals surface area contributed by atoms with E-state index in [4.69, 9.17) is 5.73 Å². The minimum Gasteiger partial charge on any atom is -0.399 e. The Labute approximate surface area is 109 Å². The number of nitrogen functional groups attached to an aromatic ring is 1. The Kier molecular flexibility index (Phi) is 3.90. The first-order valence-corrected chi connectivity index (χ1v) is 6.73. The number of hydrogen-bond donors (Lipinski definition) is 2. The summed E-state index contributed by atoms with van der Waals surface area (Å²) < 4.78 is 0. The molecule has 0 heterocycles. The van der Waals surface area contributed by atoms with Crippen molar-refractivity contribution in [2.24, 2.45) is 5.41 Å². The summed E-state index contributed by atoms with van der Waals surface area (Å²) in [6, 6.07) is 7.66. The second-order valence-electron chi connectivity index (χ2n) is 5.55. The first-order chi connectivity index (χ1) is 8.60. The molecule has 1 saturated carbocycles. The lowest BCUT2D eigenvalue weighted by Crippen LogP contribution is -2.39. The van der Waals surface area contributed by atoms with Crippen LogP contribution >= 0.6 is 0 Å². The number of nitrogens with two attached hydrogens (primary N) is 1. The quantitative estimate of drug-likeness (QED) is 0.806. The van der Waals surface area contributed by atoms with E-state index in [1.54, 1.807) is 0 Å². The summed E-state index contributed by atoms with van der Waals surface area (Å²) >= 11 is 0. The van der Waals surface area contributed by atoms with Gasteiger partial charge in [0.15, 0.2) is 0 Å². The first-order valence-electron chi connectivity index (χ1n) is 6.73. The molecule has 1 fully saturated rings. The lowest BCUT2D eigenvalue weighted by atomic mass is 9.75. The van der Waals surface area contributed by atoms with E-state index in [9.17, 15) is 4.79 Å². The van der Waals surface area contributed by atoms with E-state index >= 15 is 0 Å². The first kappa shape index (κ1) is 12.9.